The van der Waals surface area contributed by atoms with Gasteiger partial charge in [-0.3, -0.25) is 0 Å². The molecule has 0 aromatic heterocycles. The van der Waals surface area contributed by atoms with Crippen molar-refractivity contribution >= 4 is 17.6 Å². The Hall–Kier alpha value is -1.09. The Balaban J connectivity index is 1.99. The molecule has 1 aliphatic rings. The highest BCUT2D eigenvalue weighted by Gasteiger charge is 2.05. The minimum absolute atomic E-state index is 0.991. The van der Waals surface area contributed by atoms with E-state index in [4.69, 9.17) is 0 Å². The van der Waals surface area contributed by atoms with E-state index in [9.17, 15) is 0 Å². The van der Waals surface area contributed by atoms with E-state index in [0.29, 0.717) is 0 Å². The zero-order valence-corrected chi connectivity index (χ0v) is 9.05. The van der Waals surface area contributed by atoms with Gasteiger partial charge >= 0.3 is 0 Å². The Labute approximate surface area is 89.1 Å². The molecule has 0 unspecified atom stereocenters. The molecule has 0 saturated heterocycles. The Kier molecular flexibility index (Phi) is 2.99. The summed E-state index contributed by atoms with van der Waals surface area (Å²) in [6.45, 7) is 0.991. The molecule has 0 atom stereocenters. The van der Waals surface area contributed by atoms with E-state index in [-0.39, 0.29) is 0 Å². The second kappa shape index (κ2) is 4.42. The number of nitrogens with zero attached hydrogens (tertiary/aromatic N) is 1. The van der Waals surface area contributed by atoms with Gasteiger partial charge in [0.1, 0.15) is 0 Å². The van der Waals surface area contributed by atoms with E-state index in [0.717, 1.165) is 12.3 Å². The largest absolute Gasteiger partial charge is 0.388 e. The summed E-state index contributed by atoms with van der Waals surface area (Å²) in [5.74, 6) is 1.11. The lowest BCUT2D eigenvalue weighted by molar-refractivity contribution is 0.628. The summed E-state index contributed by atoms with van der Waals surface area (Å²) in [4.78, 5) is 0. The van der Waals surface area contributed by atoms with Gasteiger partial charge in [0, 0.05) is 24.7 Å². The zero-order chi connectivity index (χ0) is 9.80. The van der Waals surface area contributed by atoms with E-state index in [1.165, 1.54) is 11.3 Å². The summed E-state index contributed by atoms with van der Waals surface area (Å²) in [6.07, 6.45) is 4.34. The van der Waals surface area contributed by atoms with Crippen molar-refractivity contribution in [2.75, 3.05) is 18.1 Å². The van der Waals surface area contributed by atoms with Crippen molar-refractivity contribution in [3.05, 3.63) is 42.1 Å². The normalized spacial score (nSPS) is 14.8. The SMILES string of the molecule is CNc1ccc(CN2C=CCS2)cc1. The fraction of sp³-hybridized carbons (Fsp3) is 0.273. The van der Waals surface area contributed by atoms with Gasteiger partial charge in [0.15, 0.2) is 0 Å². The molecule has 2 rings (SSSR count). The van der Waals surface area contributed by atoms with Crippen LogP contribution in [-0.4, -0.2) is 17.1 Å². The van der Waals surface area contributed by atoms with Crippen molar-refractivity contribution in [1.82, 2.24) is 4.31 Å². The van der Waals surface area contributed by atoms with Crippen LogP contribution in [0.2, 0.25) is 0 Å². The molecule has 0 bridgehead atoms. The van der Waals surface area contributed by atoms with Gasteiger partial charge in [0.25, 0.3) is 0 Å². The van der Waals surface area contributed by atoms with Crippen LogP contribution >= 0.6 is 11.9 Å². The van der Waals surface area contributed by atoms with Crippen LogP contribution < -0.4 is 5.32 Å². The first-order valence-corrected chi connectivity index (χ1v) is 5.65. The third-order valence-electron chi connectivity index (χ3n) is 2.19. The smallest absolute Gasteiger partial charge is 0.0539 e. The van der Waals surface area contributed by atoms with Crippen LogP contribution in [0.4, 0.5) is 5.69 Å². The topological polar surface area (TPSA) is 15.3 Å². The molecule has 0 aliphatic carbocycles. The summed E-state index contributed by atoms with van der Waals surface area (Å²) in [7, 11) is 1.94. The Morgan fingerprint density at radius 2 is 2.14 bits per heavy atom. The summed E-state index contributed by atoms with van der Waals surface area (Å²) < 4.78 is 2.26. The highest BCUT2D eigenvalue weighted by Crippen LogP contribution is 2.21. The molecule has 0 amide bonds. The van der Waals surface area contributed by atoms with Crippen molar-refractivity contribution in [2.24, 2.45) is 0 Å². The Morgan fingerprint density at radius 3 is 2.71 bits per heavy atom. The van der Waals surface area contributed by atoms with Gasteiger partial charge in [-0.05, 0) is 29.6 Å². The van der Waals surface area contributed by atoms with Crippen LogP contribution in [0.1, 0.15) is 5.56 Å². The molecule has 0 radical (unpaired) electrons. The summed E-state index contributed by atoms with van der Waals surface area (Å²) in [5, 5.41) is 3.12. The summed E-state index contributed by atoms with van der Waals surface area (Å²) in [6, 6.07) is 8.55. The number of hydrogen-bond acceptors (Lipinski definition) is 3. The van der Waals surface area contributed by atoms with Crippen molar-refractivity contribution in [3.63, 3.8) is 0 Å². The maximum atomic E-state index is 3.12. The number of anilines is 1. The fourth-order valence-corrected chi connectivity index (χ4v) is 2.17. The predicted octanol–water partition coefficient (Wildman–Crippen LogP) is 2.71. The molecule has 1 aromatic rings. The molecule has 1 heterocycles. The van der Waals surface area contributed by atoms with Crippen molar-refractivity contribution < 1.29 is 0 Å². The highest BCUT2D eigenvalue weighted by atomic mass is 32.2. The molecule has 0 fully saturated rings. The van der Waals surface area contributed by atoms with E-state index >= 15 is 0 Å². The highest BCUT2D eigenvalue weighted by molar-refractivity contribution is 7.97. The first kappa shape index (κ1) is 9.46. The third kappa shape index (κ3) is 2.23. The van der Waals surface area contributed by atoms with Crippen molar-refractivity contribution in [1.29, 1.82) is 0 Å². The molecule has 1 aromatic carbocycles. The molecular weight excluding hydrogens is 192 g/mol. The summed E-state index contributed by atoms with van der Waals surface area (Å²) in [5.41, 5.74) is 2.52. The lowest BCUT2D eigenvalue weighted by atomic mass is 10.2. The van der Waals surface area contributed by atoms with Gasteiger partial charge in [-0.25, -0.2) is 0 Å². The quantitative estimate of drug-likeness (QED) is 0.765. The van der Waals surface area contributed by atoms with Crippen LogP contribution in [0.5, 0.6) is 0 Å². The summed E-state index contributed by atoms with van der Waals surface area (Å²) >= 11 is 1.85. The molecule has 1 N–H and O–H groups in total. The van der Waals surface area contributed by atoms with Crippen LogP contribution in [0.25, 0.3) is 0 Å². The van der Waals surface area contributed by atoms with Gasteiger partial charge in [-0.1, -0.05) is 18.2 Å². The molecule has 14 heavy (non-hydrogen) atoms. The lowest BCUT2D eigenvalue weighted by Gasteiger charge is -2.13. The van der Waals surface area contributed by atoms with E-state index in [1.54, 1.807) is 0 Å². The molecule has 3 heteroatoms. The predicted molar refractivity (Wildman–Crippen MR) is 63.1 cm³/mol. The zero-order valence-electron chi connectivity index (χ0n) is 8.23. The fourth-order valence-electron chi connectivity index (χ4n) is 1.40. The number of benzene rings is 1. The van der Waals surface area contributed by atoms with Gasteiger partial charge in [0.05, 0.1) is 6.54 Å². The molecular formula is C11H14N2S. The van der Waals surface area contributed by atoms with Crippen LogP contribution in [0.3, 0.4) is 0 Å². The van der Waals surface area contributed by atoms with E-state index in [2.05, 4.69) is 46.2 Å². The van der Waals surface area contributed by atoms with Crippen LogP contribution in [-0.2, 0) is 6.54 Å². The first-order chi connectivity index (χ1) is 6.88. The maximum absolute atomic E-state index is 3.12. The van der Waals surface area contributed by atoms with E-state index < -0.39 is 0 Å². The number of nitrogens with one attached hydrogen (secondary N) is 1. The molecule has 2 nitrogen and oxygen atoms in total. The van der Waals surface area contributed by atoms with E-state index in [1.807, 2.05) is 19.0 Å². The van der Waals surface area contributed by atoms with Crippen molar-refractivity contribution in [2.45, 2.75) is 6.54 Å². The molecule has 0 spiro atoms. The lowest BCUT2D eigenvalue weighted by Crippen LogP contribution is -2.04. The van der Waals surface area contributed by atoms with Gasteiger partial charge in [-0.15, -0.1) is 0 Å². The molecule has 1 aliphatic heterocycles. The molecule has 74 valence electrons. The van der Waals surface area contributed by atoms with Crippen LogP contribution in [0.15, 0.2) is 36.5 Å². The van der Waals surface area contributed by atoms with Gasteiger partial charge < -0.3 is 9.62 Å². The first-order valence-electron chi connectivity index (χ1n) is 4.71. The second-order valence-corrected chi connectivity index (χ2v) is 4.26. The average Bonchev–Trinajstić information content (AvgIpc) is 2.72. The van der Waals surface area contributed by atoms with Gasteiger partial charge in [-0.2, -0.15) is 0 Å². The van der Waals surface area contributed by atoms with Crippen LogP contribution in [0, 0.1) is 0 Å². The maximum Gasteiger partial charge on any atom is 0.0539 e. The Morgan fingerprint density at radius 1 is 1.36 bits per heavy atom. The monoisotopic (exact) mass is 206 g/mol. The van der Waals surface area contributed by atoms with Crippen molar-refractivity contribution in [3.8, 4) is 0 Å². The molecule has 0 saturated carbocycles. The van der Waals surface area contributed by atoms with Gasteiger partial charge in [0.2, 0.25) is 0 Å². The minimum Gasteiger partial charge on any atom is -0.388 e. The Bertz CT molecular complexity index is 319. The average molecular weight is 206 g/mol. The standard InChI is InChI=1S/C11H14N2S/c1-12-11-5-3-10(4-6-11)9-13-7-2-8-14-13/h2-7,12H,8-9H2,1H3. The second-order valence-electron chi connectivity index (χ2n) is 3.20. The number of rotatable bonds is 3. The third-order valence-corrected chi connectivity index (χ3v) is 3.11. The minimum atomic E-state index is 0.991. The number of hydrogen-bond donors (Lipinski definition) is 1.